The van der Waals surface area contributed by atoms with Crippen LogP contribution in [0.3, 0.4) is 0 Å². The van der Waals surface area contributed by atoms with Crippen molar-refractivity contribution in [3.63, 3.8) is 0 Å². The molecule has 1 heterocycles. The quantitative estimate of drug-likeness (QED) is 0.712. The Morgan fingerprint density at radius 2 is 1.88 bits per heavy atom. The molecule has 1 aliphatic carbocycles. The van der Waals surface area contributed by atoms with Crippen LogP contribution in [0.2, 0.25) is 0 Å². The van der Waals surface area contributed by atoms with Crippen LogP contribution in [0.25, 0.3) is 0 Å². The van der Waals surface area contributed by atoms with Crippen molar-refractivity contribution >= 4 is 0 Å². The highest BCUT2D eigenvalue weighted by molar-refractivity contribution is 5.01. The predicted molar refractivity (Wildman–Crippen MR) is 56.5 cm³/mol. The third kappa shape index (κ3) is 2.60. The molecule has 0 spiro atoms. The van der Waals surface area contributed by atoms with Crippen molar-refractivity contribution < 1.29 is 22.6 Å². The second kappa shape index (κ2) is 4.76. The maximum absolute atomic E-state index is 12.8. The SMILES string of the molecule is CCO[C@]1(C(F)(F)F)O[C@@H]1CC1CCCCC1. The lowest BCUT2D eigenvalue weighted by Crippen LogP contribution is -2.38. The first-order valence-electron chi connectivity index (χ1n) is 6.38. The average molecular weight is 252 g/mol. The molecule has 5 heteroatoms. The highest BCUT2D eigenvalue weighted by atomic mass is 19.4. The molecule has 2 atom stereocenters. The Labute approximate surface area is 99.5 Å². The van der Waals surface area contributed by atoms with E-state index < -0.39 is 18.1 Å². The zero-order valence-corrected chi connectivity index (χ0v) is 10.1. The molecule has 0 unspecified atom stereocenters. The summed E-state index contributed by atoms with van der Waals surface area (Å²) in [5, 5.41) is 0. The van der Waals surface area contributed by atoms with Gasteiger partial charge in [-0.05, 0) is 19.3 Å². The predicted octanol–water partition coefficient (Wildman–Crippen LogP) is 3.65. The van der Waals surface area contributed by atoms with Crippen molar-refractivity contribution in [1.29, 1.82) is 0 Å². The summed E-state index contributed by atoms with van der Waals surface area (Å²) in [5.74, 6) is -1.92. The Balaban J connectivity index is 1.90. The molecular formula is C12H19F3O2. The lowest BCUT2D eigenvalue weighted by molar-refractivity contribution is -0.270. The van der Waals surface area contributed by atoms with Gasteiger partial charge < -0.3 is 9.47 Å². The van der Waals surface area contributed by atoms with Crippen LogP contribution in [0.1, 0.15) is 45.4 Å². The molecule has 0 aromatic heterocycles. The maximum atomic E-state index is 12.8. The summed E-state index contributed by atoms with van der Waals surface area (Å²) in [6, 6.07) is 0. The summed E-state index contributed by atoms with van der Waals surface area (Å²) in [5.41, 5.74) is 0. The Bertz CT molecular complexity index is 261. The molecule has 0 radical (unpaired) electrons. The van der Waals surface area contributed by atoms with Gasteiger partial charge in [0.15, 0.2) is 0 Å². The Morgan fingerprint density at radius 1 is 1.24 bits per heavy atom. The number of hydrogen-bond acceptors (Lipinski definition) is 2. The summed E-state index contributed by atoms with van der Waals surface area (Å²) in [7, 11) is 0. The van der Waals surface area contributed by atoms with E-state index in [0.29, 0.717) is 12.3 Å². The van der Waals surface area contributed by atoms with Crippen LogP contribution < -0.4 is 0 Å². The molecule has 2 aliphatic rings. The number of hydrogen-bond donors (Lipinski definition) is 0. The average Bonchev–Trinajstić information content (AvgIpc) is 2.94. The van der Waals surface area contributed by atoms with E-state index in [9.17, 15) is 13.2 Å². The molecule has 1 saturated heterocycles. The highest BCUT2D eigenvalue weighted by Crippen LogP contribution is 2.53. The second-order valence-corrected chi connectivity index (χ2v) is 4.94. The van der Waals surface area contributed by atoms with E-state index in [1.54, 1.807) is 6.92 Å². The van der Waals surface area contributed by atoms with Crippen molar-refractivity contribution in [2.75, 3.05) is 6.61 Å². The van der Waals surface area contributed by atoms with Gasteiger partial charge in [0, 0.05) is 6.61 Å². The number of alkyl halides is 3. The minimum Gasteiger partial charge on any atom is -0.341 e. The maximum Gasteiger partial charge on any atom is 0.446 e. The van der Waals surface area contributed by atoms with E-state index in [-0.39, 0.29) is 6.61 Å². The first-order valence-corrected chi connectivity index (χ1v) is 6.38. The van der Waals surface area contributed by atoms with Gasteiger partial charge in [-0.3, -0.25) is 0 Å². The number of rotatable bonds is 4. The van der Waals surface area contributed by atoms with Crippen LogP contribution in [-0.2, 0) is 9.47 Å². The fourth-order valence-electron chi connectivity index (χ4n) is 2.78. The van der Waals surface area contributed by atoms with Crippen molar-refractivity contribution in [2.45, 2.75) is 63.5 Å². The minimum absolute atomic E-state index is 0.0284. The Morgan fingerprint density at radius 3 is 2.41 bits per heavy atom. The standard InChI is InChI=1S/C12H19F3O2/c1-2-16-11(12(13,14)15)10(17-11)8-9-6-4-3-5-7-9/h9-10H,2-8H2,1H3/t10-,11+/m1/s1. The van der Waals surface area contributed by atoms with Gasteiger partial charge in [-0.2, -0.15) is 13.2 Å². The van der Waals surface area contributed by atoms with Crippen LogP contribution in [-0.4, -0.2) is 24.7 Å². The molecule has 17 heavy (non-hydrogen) atoms. The summed E-state index contributed by atoms with van der Waals surface area (Å²) in [6.07, 6.45) is 0.806. The normalized spacial score (nSPS) is 34.9. The van der Waals surface area contributed by atoms with Crippen LogP contribution in [0.5, 0.6) is 0 Å². The lowest BCUT2D eigenvalue weighted by atomic mass is 9.85. The molecule has 0 N–H and O–H groups in total. The smallest absolute Gasteiger partial charge is 0.341 e. The van der Waals surface area contributed by atoms with Gasteiger partial charge in [0.1, 0.15) is 6.10 Å². The topological polar surface area (TPSA) is 21.8 Å². The minimum atomic E-state index is -4.41. The molecule has 2 fully saturated rings. The van der Waals surface area contributed by atoms with Gasteiger partial charge in [-0.15, -0.1) is 0 Å². The highest BCUT2D eigenvalue weighted by Gasteiger charge is 2.75. The Kier molecular flexibility index (Phi) is 3.69. The van der Waals surface area contributed by atoms with Gasteiger partial charge >= 0.3 is 6.18 Å². The monoisotopic (exact) mass is 252 g/mol. The fourth-order valence-corrected chi connectivity index (χ4v) is 2.78. The van der Waals surface area contributed by atoms with E-state index in [0.717, 1.165) is 25.7 Å². The summed E-state index contributed by atoms with van der Waals surface area (Å²) >= 11 is 0. The van der Waals surface area contributed by atoms with Crippen molar-refractivity contribution in [3.8, 4) is 0 Å². The number of epoxide rings is 1. The van der Waals surface area contributed by atoms with E-state index in [2.05, 4.69) is 0 Å². The fraction of sp³-hybridized carbons (Fsp3) is 1.00. The number of ether oxygens (including phenoxy) is 2. The van der Waals surface area contributed by atoms with Crippen LogP contribution in [0, 0.1) is 5.92 Å². The first-order chi connectivity index (χ1) is 7.99. The largest absolute Gasteiger partial charge is 0.446 e. The molecule has 1 saturated carbocycles. The lowest BCUT2D eigenvalue weighted by Gasteiger charge is -2.22. The number of halogens is 3. The van der Waals surface area contributed by atoms with Gasteiger partial charge in [-0.25, -0.2) is 0 Å². The van der Waals surface area contributed by atoms with Gasteiger partial charge in [0.25, 0.3) is 5.79 Å². The van der Waals surface area contributed by atoms with Gasteiger partial charge in [0.05, 0.1) is 0 Å². The first kappa shape index (κ1) is 13.1. The molecule has 1 aliphatic heterocycles. The third-order valence-electron chi connectivity index (χ3n) is 3.71. The zero-order valence-electron chi connectivity index (χ0n) is 10.1. The molecule has 2 rings (SSSR count). The Hall–Kier alpha value is -0.290. The molecule has 0 aromatic carbocycles. The van der Waals surface area contributed by atoms with E-state index >= 15 is 0 Å². The van der Waals surface area contributed by atoms with Crippen molar-refractivity contribution in [1.82, 2.24) is 0 Å². The van der Waals surface area contributed by atoms with E-state index in [1.165, 1.54) is 6.42 Å². The van der Waals surface area contributed by atoms with E-state index in [1.807, 2.05) is 0 Å². The van der Waals surface area contributed by atoms with Crippen LogP contribution in [0.15, 0.2) is 0 Å². The van der Waals surface area contributed by atoms with Crippen LogP contribution >= 0.6 is 0 Å². The van der Waals surface area contributed by atoms with E-state index in [4.69, 9.17) is 9.47 Å². The third-order valence-corrected chi connectivity index (χ3v) is 3.71. The van der Waals surface area contributed by atoms with Crippen molar-refractivity contribution in [2.24, 2.45) is 5.92 Å². The summed E-state index contributed by atoms with van der Waals surface area (Å²) in [4.78, 5) is 0. The van der Waals surface area contributed by atoms with Crippen molar-refractivity contribution in [3.05, 3.63) is 0 Å². The summed E-state index contributed by atoms with van der Waals surface area (Å²) < 4.78 is 48.2. The van der Waals surface area contributed by atoms with Gasteiger partial charge in [-0.1, -0.05) is 32.1 Å². The molecule has 0 aromatic rings. The molecule has 0 amide bonds. The molecule has 2 nitrogen and oxygen atoms in total. The molecule has 100 valence electrons. The molecular weight excluding hydrogens is 233 g/mol. The van der Waals surface area contributed by atoms with Gasteiger partial charge in [0.2, 0.25) is 0 Å². The second-order valence-electron chi connectivity index (χ2n) is 4.94. The summed E-state index contributed by atoms with van der Waals surface area (Å²) in [6.45, 7) is 1.59. The molecule has 0 bridgehead atoms. The van der Waals surface area contributed by atoms with Crippen LogP contribution in [0.4, 0.5) is 13.2 Å². The zero-order chi connectivity index (χ0) is 12.5.